The molecule has 154 valence electrons. The topological polar surface area (TPSA) is 124 Å². The zero-order valence-corrected chi connectivity index (χ0v) is 17.0. The maximum Gasteiger partial charge on any atom is 0.408 e. The average molecular weight is 397 g/mol. The lowest BCUT2D eigenvalue weighted by atomic mass is 10.0. The number of aromatic nitrogens is 1. The van der Waals surface area contributed by atoms with Crippen LogP contribution in [0.3, 0.4) is 0 Å². The number of fused-ring (bicyclic) bond motifs is 1. The number of nitrogen functional groups attached to an aromatic ring is 1. The van der Waals surface area contributed by atoms with Gasteiger partial charge in [-0.15, -0.1) is 0 Å². The number of nitrogens with two attached hydrogens (primary N) is 1. The highest BCUT2D eigenvalue weighted by Crippen LogP contribution is 2.24. The molecule has 2 aromatic rings. The second-order valence-electron chi connectivity index (χ2n) is 8.34. The van der Waals surface area contributed by atoms with E-state index >= 15 is 0 Å². The SMILES string of the molecule is CC(C)(C)OC(=O)N[C@@H](Cc1c[nH]c2ccc(N)cc12)C(=O)N1CCCC1C#N. The maximum absolute atomic E-state index is 13.2. The number of hydrogen-bond donors (Lipinski definition) is 3. The molecule has 1 aliphatic rings. The van der Waals surface area contributed by atoms with Crippen molar-refractivity contribution in [2.75, 3.05) is 12.3 Å². The van der Waals surface area contributed by atoms with Gasteiger partial charge in [0.05, 0.1) is 6.07 Å². The predicted octanol–water partition coefficient (Wildman–Crippen LogP) is 2.70. The van der Waals surface area contributed by atoms with Crippen molar-refractivity contribution in [1.29, 1.82) is 5.26 Å². The van der Waals surface area contributed by atoms with Gasteiger partial charge in [-0.1, -0.05) is 0 Å². The number of rotatable bonds is 4. The van der Waals surface area contributed by atoms with Gasteiger partial charge >= 0.3 is 6.09 Å². The van der Waals surface area contributed by atoms with Gasteiger partial charge in [0, 0.05) is 35.8 Å². The molecule has 2 amide bonds. The molecule has 3 rings (SSSR count). The molecule has 4 N–H and O–H groups in total. The van der Waals surface area contributed by atoms with Crippen molar-refractivity contribution in [3.05, 3.63) is 30.0 Å². The Labute approximate surface area is 170 Å². The average Bonchev–Trinajstić information content (AvgIpc) is 3.25. The maximum atomic E-state index is 13.2. The van der Waals surface area contributed by atoms with Gasteiger partial charge in [0.15, 0.2) is 0 Å². The first-order valence-electron chi connectivity index (χ1n) is 9.73. The molecule has 0 spiro atoms. The van der Waals surface area contributed by atoms with Gasteiger partial charge in [0.25, 0.3) is 0 Å². The number of benzene rings is 1. The number of amides is 2. The minimum absolute atomic E-state index is 0.260. The summed E-state index contributed by atoms with van der Waals surface area (Å²) in [4.78, 5) is 30.3. The number of alkyl carbamates (subject to hydrolysis) is 1. The Hall–Kier alpha value is -3.21. The number of nitrogens with zero attached hydrogens (tertiary/aromatic N) is 2. The summed E-state index contributed by atoms with van der Waals surface area (Å²) >= 11 is 0. The van der Waals surface area contributed by atoms with E-state index in [-0.39, 0.29) is 12.3 Å². The molecule has 1 saturated heterocycles. The highest BCUT2D eigenvalue weighted by molar-refractivity contribution is 5.90. The molecule has 0 saturated carbocycles. The minimum atomic E-state index is -0.848. The molecule has 2 atom stereocenters. The van der Waals surface area contributed by atoms with Crippen LogP contribution in [0.4, 0.5) is 10.5 Å². The summed E-state index contributed by atoms with van der Waals surface area (Å²) in [5.74, 6) is -0.279. The first-order chi connectivity index (χ1) is 13.7. The third kappa shape index (κ3) is 4.80. The lowest BCUT2D eigenvalue weighted by molar-refractivity contribution is -0.133. The predicted molar refractivity (Wildman–Crippen MR) is 110 cm³/mol. The molecule has 29 heavy (non-hydrogen) atoms. The number of nitrogens with one attached hydrogen (secondary N) is 2. The summed E-state index contributed by atoms with van der Waals surface area (Å²) in [7, 11) is 0. The van der Waals surface area contributed by atoms with Crippen molar-refractivity contribution in [1.82, 2.24) is 15.2 Å². The molecular weight excluding hydrogens is 370 g/mol. The molecule has 1 aliphatic heterocycles. The van der Waals surface area contributed by atoms with Crippen LogP contribution in [-0.4, -0.2) is 46.1 Å². The number of anilines is 1. The number of aromatic amines is 1. The molecule has 1 aromatic carbocycles. The van der Waals surface area contributed by atoms with E-state index in [1.807, 2.05) is 18.3 Å². The number of carbonyl (C=O) groups is 2. The van der Waals surface area contributed by atoms with Gasteiger partial charge < -0.3 is 25.7 Å². The zero-order chi connectivity index (χ0) is 21.2. The Balaban J connectivity index is 1.87. The second kappa shape index (κ2) is 8.03. The van der Waals surface area contributed by atoms with Crippen LogP contribution in [0.1, 0.15) is 39.2 Å². The van der Waals surface area contributed by atoms with Crippen molar-refractivity contribution in [2.45, 2.75) is 57.7 Å². The minimum Gasteiger partial charge on any atom is -0.444 e. The molecule has 1 aromatic heterocycles. The Morgan fingerprint density at radius 3 is 2.90 bits per heavy atom. The molecule has 8 heteroatoms. The summed E-state index contributed by atoms with van der Waals surface area (Å²) in [6.45, 7) is 5.79. The zero-order valence-electron chi connectivity index (χ0n) is 17.0. The van der Waals surface area contributed by atoms with Crippen LogP contribution in [0.25, 0.3) is 10.9 Å². The molecule has 0 aliphatic carbocycles. The van der Waals surface area contributed by atoms with Crippen molar-refractivity contribution >= 4 is 28.6 Å². The third-order valence-corrected chi connectivity index (χ3v) is 4.89. The number of ether oxygens (including phenoxy) is 1. The lowest BCUT2D eigenvalue weighted by Crippen LogP contribution is -2.51. The number of carbonyl (C=O) groups excluding carboxylic acids is 2. The first kappa shape index (κ1) is 20.5. The van der Waals surface area contributed by atoms with Gasteiger partial charge in [-0.3, -0.25) is 4.79 Å². The van der Waals surface area contributed by atoms with E-state index in [4.69, 9.17) is 10.5 Å². The van der Waals surface area contributed by atoms with E-state index in [1.54, 1.807) is 31.7 Å². The molecular formula is C21H27N5O3. The molecule has 8 nitrogen and oxygen atoms in total. The first-order valence-corrected chi connectivity index (χ1v) is 9.73. The molecule has 0 radical (unpaired) electrons. The van der Waals surface area contributed by atoms with E-state index in [2.05, 4.69) is 16.4 Å². The van der Waals surface area contributed by atoms with Crippen molar-refractivity contribution in [3.8, 4) is 6.07 Å². The van der Waals surface area contributed by atoms with Crippen LogP contribution in [-0.2, 0) is 16.0 Å². The van der Waals surface area contributed by atoms with Gasteiger partial charge in [-0.2, -0.15) is 5.26 Å². The highest BCUT2D eigenvalue weighted by atomic mass is 16.6. The van der Waals surface area contributed by atoms with Crippen LogP contribution >= 0.6 is 0 Å². The molecule has 0 bridgehead atoms. The smallest absolute Gasteiger partial charge is 0.408 e. The molecule has 2 heterocycles. The Morgan fingerprint density at radius 2 is 2.21 bits per heavy atom. The van der Waals surface area contributed by atoms with Crippen LogP contribution in [0, 0.1) is 11.3 Å². The number of nitriles is 1. The van der Waals surface area contributed by atoms with Crippen molar-refractivity contribution < 1.29 is 14.3 Å². The third-order valence-electron chi connectivity index (χ3n) is 4.89. The number of H-pyrrole nitrogens is 1. The van der Waals surface area contributed by atoms with E-state index in [1.165, 1.54) is 0 Å². The second-order valence-corrected chi connectivity index (χ2v) is 8.34. The lowest BCUT2D eigenvalue weighted by Gasteiger charge is -2.27. The number of hydrogen-bond acceptors (Lipinski definition) is 5. The van der Waals surface area contributed by atoms with Crippen molar-refractivity contribution in [3.63, 3.8) is 0 Å². The van der Waals surface area contributed by atoms with E-state index in [9.17, 15) is 14.9 Å². The summed E-state index contributed by atoms with van der Waals surface area (Å²) < 4.78 is 5.35. The van der Waals surface area contributed by atoms with Gasteiger partial charge in [-0.25, -0.2) is 4.79 Å². The monoisotopic (exact) mass is 397 g/mol. The van der Waals surface area contributed by atoms with E-state index in [0.29, 0.717) is 18.7 Å². The Bertz CT molecular complexity index is 953. The van der Waals surface area contributed by atoms with Crippen LogP contribution in [0.15, 0.2) is 24.4 Å². The van der Waals surface area contributed by atoms with Gasteiger partial charge in [0.2, 0.25) is 5.91 Å². The fraction of sp³-hybridized carbons (Fsp3) is 0.476. The largest absolute Gasteiger partial charge is 0.444 e. The Kier molecular flexibility index (Phi) is 5.69. The quantitative estimate of drug-likeness (QED) is 0.684. The van der Waals surface area contributed by atoms with Gasteiger partial charge in [-0.05, 0) is 57.4 Å². The summed E-state index contributed by atoms with van der Waals surface area (Å²) in [5, 5.41) is 13.0. The summed E-state index contributed by atoms with van der Waals surface area (Å²) in [6, 6.07) is 6.37. The fourth-order valence-electron chi connectivity index (χ4n) is 3.60. The highest BCUT2D eigenvalue weighted by Gasteiger charge is 2.35. The normalized spacial score (nSPS) is 17.7. The van der Waals surface area contributed by atoms with Crippen molar-refractivity contribution in [2.24, 2.45) is 0 Å². The fourth-order valence-corrected chi connectivity index (χ4v) is 3.60. The van der Waals surface area contributed by atoms with Crippen LogP contribution in [0.5, 0.6) is 0 Å². The number of likely N-dealkylation sites (tertiary alicyclic amines) is 1. The molecule has 1 unspecified atom stereocenters. The summed E-state index contributed by atoms with van der Waals surface area (Å²) in [6.07, 6.45) is 2.82. The summed E-state index contributed by atoms with van der Waals surface area (Å²) in [5.41, 5.74) is 7.60. The van der Waals surface area contributed by atoms with Gasteiger partial charge in [0.1, 0.15) is 17.7 Å². The standard InChI is InChI=1S/C21H27N5O3/c1-21(2,3)29-20(28)25-18(19(27)26-8-4-5-15(26)11-22)9-13-12-24-17-7-6-14(23)10-16(13)17/h6-7,10,12,15,18,24H,4-5,8-9,23H2,1-3H3,(H,25,28)/t15?,18-/m0/s1. The van der Waals surface area contributed by atoms with E-state index < -0.39 is 23.8 Å². The van der Waals surface area contributed by atoms with Crippen LogP contribution in [0.2, 0.25) is 0 Å². The van der Waals surface area contributed by atoms with Crippen LogP contribution < -0.4 is 11.1 Å². The Morgan fingerprint density at radius 1 is 1.45 bits per heavy atom. The molecule has 1 fully saturated rings. The van der Waals surface area contributed by atoms with E-state index in [0.717, 1.165) is 22.9 Å².